The van der Waals surface area contributed by atoms with Gasteiger partial charge >= 0.3 is 0 Å². The SMILES string of the molecule is CCCN(C)Cc1ccc(-c2cc3c(-c4cccc(N5CCOc6cc(C7CC7)ccc6C5=O)c4O)ncnc3[nH]2)cc1. The van der Waals surface area contributed by atoms with Gasteiger partial charge in [0, 0.05) is 23.2 Å². The summed E-state index contributed by atoms with van der Waals surface area (Å²) in [5.74, 6) is 0.992. The Balaban J connectivity index is 1.20. The van der Waals surface area contributed by atoms with Crippen LogP contribution < -0.4 is 9.64 Å². The van der Waals surface area contributed by atoms with Crippen LogP contribution >= 0.6 is 0 Å². The number of nitrogens with zero attached hydrogens (tertiary/aromatic N) is 4. The topological polar surface area (TPSA) is 94.6 Å². The highest BCUT2D eigenvalue weighted by Crippen LogP contribution is 2.44. The first-order chi connectivity index (χ1) is 21.0. The van der Waals surface area contributed by atoms with Gasteiger partial charge in [0.05, 0.1) is 23.5 Å². The van der Waals surface area contributed by atoms with Gasteiger partial charge in [-0.1, -0.05) is 43.3 Å². The van der Waals surface area contributed by atoms with Crippen LogP contribution in [-0.4, -0.2) is 57.6 Å². The minimum atomic E-state index is -0.191. The molecule has 0 radical (unpaired) electrons. The van der Waals surface area contributed by atoms with Crippen LogP contribution in [0.3, 0.4) is 0 Å². The molecule has 0 saturated heterocycles. The number of para-hydroxylation sites is 1. The first kappa shape index (κ1) is 27.2. The van der Waals surface area contributed by atoms with Gasteiger partial charge in [-0.15, -0.1) is 0 Å². The summed E-state index contributed by atoms with van der Waals surface area (Å²) in [6, 6.07) is 21.9. The molecule has 0 unspecified atom stereocenters. The molecule has 8 nitrogen and oxygen atoms in total. The Morgan fingerprint density at radius 1 is 1.05 bits per heavy atom. The van der Waals surface area contributed by atoms with Gasteiger partial charge < -0.3 is 24.6 Å². The van der Waals surface area contributed by atoms with Crippen LogP contribution in [0.25, 0.3) is 33.5 Å². The van der Waals surface area contributed by atoms with Crippen LogP contribution in [0.2, 0.25) is 0 Å². The lowest BCUT2D eigenvalue weighted by atomic mass is 10.0. The molecule has 1 saturated carbocycles. The predicted octanol–water partition coefficient (Wildman–Crippen LogP) is 6.76. The lowest BCUT2D eigenvalue weighted by Crippen LogP contribution is -2.32. The van der Waals surface area contributed by atoms with Crippen LogP contribution in [0.5, 0.6) is 11.5 Å². The number of aromatic nitrogens is 3. The number of H-pyrrole nitrogens is 1. The number of carbonyl (C=O) groups is 1. The highest BCUT2D eigenvalue weighted by molar-refractivity contribution is 6.10. The van der Waals surface area contributed by atoms with Crippen molar-refractivity contribution in [1.29, 1.82) is 0 Å². The summed E-state index contributed by atoms with van der Waals surface area (Å²) in [5, 5.41) is 12.4. The number of carbonyl (C=O) groups excluding carboxylic acids is 1. The Labute approximate surface area is 251 Å². The third kappa shape index (κ3) is 5.23. The number of aromatic hydroxyl groups is 1. The molecule has 0 spiro atoms. The Morgan fingerprint density at radius 3 is 2.67 bits per heavy atom. The van der Waals surface area contributed by atoms with E-state index >= 15 is 0 Å². The van der Waals surface area contributed by atoms with Crippen LogP contribution in [-0.2, 0) is 6.54 Å². The molecule has 2 aromatic heterocycles. The molecular weight excluding hydrogens is 538 g/mol. The number of hydrogen-bond donors (Lipinski definition) is 2. The number of ether oxygens (including phenoxy) is 1. The van der Waals surface area contributed by atoms with E-state index in [1.54, 1.807) is 11.0 Å². The molecule has 3 heterocycles. The fourth-order valence-corrected chi connectivity index (χ4v) is 6.04. The summed E-state index contributed by atoms with van der Waals surface area (Å²) in [4.78, 5) is 30.1. The summed E-state index contributed by atoms with van der Waals surface area (Å²) in [7, 11) is 2.14. The first-order valence-corrected chi connectivity index (χ1v) is 15.0. The standard InChI is InChI=1S/C35H35N5O3/c1-3-15-39(2)20-22-7-9-24(10-8-22)29-19-28-32(36-21-37-34(28)38-29)27-5-4-6-30(33(27)41)40-16-17-43-31-18-25(23-11-12-23)13-14-26(31)35(40)42/h4-10,13-14,18-19,21,23,41H,3,11-12,15-17,20H2,1-2H3,(H,36,37,38). The average molecular weight is 574 g/mol. The van der Waals surface area contributed by atoms with Gasteiger partial charge in [0.1, 0.15) is 30.1 Å². The zero-order valence-corrected chi connectivity index (χ0v) is 24.5. The second-order valence-electron chi connectivity index (χ2n) is 11.6. The van der Waals surface area contributed by atoms with Crippen LogP contribution in [0, 0.1) is 0 Å². The van der Waals surface area contributed by atoms with Crippen molar-refractivity contribution in [1.82, 2.24) is 19.9 Å². The molecule has 2 aliphatic rings. The number of anilines is 1. The summed E-state index contributed by atoms with van der Waals surface area (Å²) in [5.41, 5.74) is 7.19. The number of phenolic OH excluding ortho intramolecular Hbond substituents is 1. The van der Waals surface area contributed by atoms with Crippen molar-refractivity contribution in [2.24, 2.45) is 0 Å². The average Bonchev–Trinajstić information content (AvgIpc) is 3.80. The maximum Gasteiger partial charge on any atom is 0.262 e. The molecule has 5 aromatic rings. The zero-order chi connectivity index (χ0) is 29.5. The Bertz CT molecular complexity index is 1810. The smallest absolute Gasteiger partial charge is 0.262 e. The minimum absolute atomic E-state index is 0.00259. The predicted molar refractivity (Wildman–Crippen MR) is 169 cm³/mol. The van der Waals surface area contributed by atoms with E-state index in [1.165, 1.54) is 30.3 Å². The number of hydrogen-bond acceptors (Lipinski definition) is 6. The van der Waals surface area contributed by atoms with E-state index in [-0.39, 0.29) is 11.7 Å². The Kier molecular flexibility index (Phi) is 7.07. The molecule has 218 valence electrons. The molecule has 43 heavy (non-hydrogen) atoms. The number of fused-ring (bicyclic) bond motifs is 2. The highest BCUT2D eigenvalue weighted by Gasteiger charge is 2.30. The summed E-state index contributed by atoms with van der Waals surface area (Å²) in [6.45, 7) is 4.82. The van der Waals surface area contributed by atoms with Crippen LogP contribution in [0.15, 0.2) is 73.1 Å². The van der Waals surface area contributed by atoms with Crippen molar-refractivity contribution in [3.8, 4) is 34.0 Å². The first-order valence-electron chi connectivity index (χ1n) is 15.0. The van der Waals surface area contributed by atoms with Gasteiger partial charge in [0.25, 0.3) is 5.91 Å². The van der Waals surface area contributed by atoms with E-state index in [1.807, 2.05) is 36.4 Å². The van der Waals surface area contributed by atoms with E-state index in [4.69, 9.17) is 4.74 Å². The largest absolute Gasteiger partial charge is 0.505 e. The lowest BCUT2D eigenvalue weighted by molar-refractivity contribution is 0.0989. The van der Waals surface area contributed by atoms with E-state index in [0.29, 0.717) is 53.0 Å². The highest BCUT2D eigenvalue weighted by atomic mass is 16.5. The molecule has 1 amide bonds. The number of amides is 1. The number of benzene rings is 3. The molecule has 3 aromatic carbocycles. The van der Waals surface area contributed by atoms with Crippen molar-refractivity contribution < 1.29 is 14.6 Å². The second-order valence-corrected chi connectivity index (χ2v) is 11.6. The third-order valence-electron chi connectivity index (χ3n) is 8.41. The lowest BCUT2D eigenvalue weighted by Gasteiger charge is -2.22. The number of rotatable bonds is 8. The van der Waals surface area contributed by atoms with Crippen molar-refractivity contribution in [2.45, 2.75) is 38.6 Å². The number of phenols is 1. The fraction of sp³-hybridized carbons (Fsp3) is 0.286. The number of aromatic amines is 1. The number of nitrogens with one attached hydrogen (secondary N) is 1. The van der Waals surface area contributed by atoms with Gasteiger partial charge in [0.15, 0.2) is 0 Å². The molecule has 7 rings (SSSR count). The van der Waals surface area contributed by atoms with Gasteiger partial charge in [-0.25, -0.2) is 9.97 Å². The van der Waals surface area contributed by atoms with Gasteiger partial charge in [-0.2, -0.15) is 0 Å². The molecule has 0 atom stereocenters. The van der Waals surface area contributed by atoms with Crippen LogP contribution in [0.1, 0.15) is 53.6 Å². The quantitative estimate of drug-likeness (QED) is 0.213. The monoisotopic (exact) mass is 573 g/mol. The van der Waals surface area contributed by atoms with E-state index in [2.05, 4.69) is 58.1 Å². The third-order valence-corrected chi connectivity index (χ3v) is 8.41. The molecule has 1 aliphatic heterocycles. The van der Waals surface area contributed by atoms with Crippen molar-refractivity contribution >= 4 is 22.6 Å². The molecule has 1 fully saturated rings. The van der Waals surface area contributed by atoms with Gasteiger partial charge in [-0.05, 0) is 85.8 Å². The summed E-state index contributed by atoms with van der Waals surface area (Å²) < 4.78 is 6.01. The van der Waals surface area contributed by atoms with Crippen molar-refractivity contribution in [3.63, 3.8) is 0 Å². The molecule has 2 N–H and O–H groups in total. The Morgan fingerprint density at radius 2 is 1.88 bits per heavy atom. The van der Waals surface area contributed by atoms with Gasteiger partial charge in [-0.3, -0.25) is 4.79 Å². The molecule has 8 heteroatoms. The van der Waals surface area contributed by atoms with E-state index in [9.17, 15) is 9.90 Å². The summed E-state index contributed by atoms with van der Waals surface area (Å²) >= 11 is 0. The zero-order valence-electron chi connectivity index (χ0n) is 24.5. The molecule has 1 aliphatic carbocycles. The van der Waals surface area contributed by atoms with Crippen LogP contribution in [0.4, 0.5) is 5.69 Å². The van der Waals surface area contributed by atoms with Gasteiger partial charge in [0.2, 0.25) is 0 Å². The molecule has 0 bridgehead atoms. The van der Waals surface area contributed by atoms with E-state index < -0.39 is 0 Å². The summed E-state index contributed by atoms with van der Waals surface area (Å²) in [6.07, 6.45) is 4.99. The Hall–Kier alpha value is -4.69. The van der Waals surface area contributed by atoms with Crippen molar-refractivity contribution in [3.05, 3.63) is 89.7 Å². The van der Waals surface area contributed by atoms with Crippen molar-refractivity contribution in [2.75, 3.05) is 31.6 Å². The normalized spacial score (nSPS) is 15.0. The fourth-order valence-electron chi connectivity index (χ4n) is 6.04. The minimum Gasteiger partial charge on any atom is -0.505 e. The maximum absolute atomic E-state index is 13.7. The second kappa shape index (κ2) is 11.2. The van der Waals surface area contributed by atoms with E-state index in [0.717, 1.165) is 36.2 Å². The molecular formula is C35H35N5O3. The maximum atomic E-state index is 13.7.